The SMILES string of the molecule is CC(C)/C=C/OCCO. The fourth-order valence-electron chi connectivity index (χ4n) is 0.333. The molecule has 0 unspecified atom stereocenters. The molecule has 0 aliphatic rings. The van der Waals surface area contributed by atoms with Crippen LogP contribution >= 0.6 is 0 Å². The van der Waals surface area contributed by atoms with Crippen molar-refractivity contribution in [3.05, 3.63) is 12.3 Å². The van der Waals surface area contributed by atoms with Gasteiger partial charge >= 0.3 is 0 Å². The Labute approximate surface area is 56.1 Å². The Morgan fingerprint density at radius 3 is 2.67 bits per heavy atom. The molecular weight excluding hydrogens is 116 g/mol. The van der Waals surface area contributed by atoms with E-state index < -0.39 is 0 Å². The third-order valence-electron chi connectivity index (χ3n) is 0.769. The van der Waals surface area contributed by atoms with Crippen LogP contribution in [0.25, 0.3) is 0 Å². The van der Waals surface area contributed by atoms with E-state index in [1.807, 2.05) is 6.08 Å². The predicted octanol–water partition coefficient (Wildman–Crippen LogP) is 1.16. The molecule has 0 fully saturated rings. The number of aliphatic hydroxyl groups excluding tert-OH is 1. The molecule has 0 spiro atoms. The molecule has 0 aromatic heterocycles. The third-order valence-corrected chi connectivity index (χ3v) is 0.769. The van der Waals surface area contributed by atoms with Crippen LogP contribution in [0.2, 0.25) is 0 Å². The number of allylic oxidation sites excluding steroid dienone is 1. The van der Waals surface area contributed by atoms with E-state index >= 15 is 0 Å². The van der Waals surface area contributed by atoms with Gasteiger partial charge in [0.05, 0.1) is 12.9 Å². The van der Waals surface area contributed by atoms with E-state index in [4.69, 9.17) is 9.84 Å². The third kappa shape index (κ3) is 7.50. The summed E-state index contributed by atoms with van der Waals surface area (Å²) in [5, 5.41) is 8.27. The van der Waals surface area contributed by atoms with Crippen molar-refractivity contribution in [2.24, 2.45) is 5.92 Å². The van der Waals surface area contributed by atoms with Crippen LogP contribution in [0.3, 0.4) is 0 Å². The second kappa shape index (κ2) is 5.63. The zero-order valence-electron chi connectivity index (χ0n) is 6.00. The van der Waals surface area contributed by atoms with Crippen molar-refractivity contribution in [2.45, 2.75) is 13.8 Å². The van der Waals surface area contributed by atoms with Gasteiger partial charge in [0.2, 0.25) is 0 Å². The minimum Gasteiger partial charge on any atom is -0.499 e. The zero-order valence-corrected chi connectivity index (χ0v) is 6.00. The van der Waals surface area contributed by atoms with Crippen LogP contribution in [0.15, 0.2) is 12.3 Å². The zero-order chi connectivity index (χ0) is 7.11. The van der Waals surface area contributed by atoms with Crippen LogP contribution in [0, 0.1) is 5.92 Å². The lowest BCUT2D eigenvalue weighted by Crippen LogP contribution is -1.92. The van der Waals surface area contributed by atoms with Gasteiger partial charge in [0.25, 0.3) is 0 Å². The van der Waals surface area contributed by atoms with Gasteiger partial charge in [-0.3, -0.25) is 0 Å². The maximum absolute atomic E-state index is 8.27. The average Bonchev–Trinajstić information content (AvgIpc) is 1.80. The highest BCUT2D eigenvalue weighted by Gasteiger charge is 1.81. The maximum atomic E-state index is 8.27. The highest BCUT2D eigenvalue weighted by Crippen LogP contribution is 1.92. The molecule has 9 heavy (non-hydrogen) atoms. The average molecular weight is 130 g/mol. The summed E-state index contributed by atoms with van der Waals surface area (Å²) in [5.41, 5.74) is 0. The van der Waals surface area contributed by atoms with Crippen molar-refractivity contribution in [1.29, 1.82) is 0 Å². The minimum atomic E-state index is 0.0857. The number of ether oxygens (including phenoxy) is 1. The van der Waals surface area contributed by atoms with Crippen molar-refractivity contribution in [3.63, 3.8) is 0 Å². The molecule has 0 saturated heterocycles. The van der Waals surface area contributed by atoms with E-state index in [1.165, 1.54) is 0 Å². The van der Waals surface area contributed by atoms with Gasteiger partial charge < -0.3 is 9.84 Å². The van der Waals surface area contributed by atoms with E-state index in [0.29, 0.717) is 12.5 Å². The van der Waals surface area contributed by atoms with Crippen molar-refractivity contribution < 1.29 is 9.84 Å². The molecule has 0 bridgehead atoms. The van der Waals surface area contributed by atoms with Gasteiger partial charge in [0.15, 0.2) is 0 Å². The Kier molecular flexibility index (Phi) is 5.32. The fourth-order valence-corrected chi connectivity index (χ4v) is 0.333. The van der Waals surface area contributed by atoms with Gasteiger partial charge in [-0.25, -0.2) is 0 Å². The van der Waals surface area contributed by atoms with E-state index in [9.17, 15) is 0 Å². The second-order valence-corrected chi connectivity index (χ2v) is 2.17. The monoisotopic (exact) mass is 130 g/mol. The number of hydrogen-bond acceptors (Lipinski definition) is 2. The summed E-state index contributed by atoms with van der Waals surface area (Å²) in [6.07, 6.45) is 3.57. The molecule has 54 valence electrons. The largest absolute Gasteiger partial charge is 0.499 e. The molecule has 0 heterocycles. The maximum Gasteiger partial charge on any atom is 0.110 e. The Bertz CT molecular complexity index is 77.0. The van der Waals surface area contributed by atoms with E-state index in [1.54, 1.807) is 6.26 Å². The molecule has 0 atom stereocenters. The molecule has 0 rings (SSSR count). The summed E-state index contributed by atoms with van der Waals surface area (Å²) in [7, 11) is 0. The molecule has 0 aromatic carbocycles. The van der Waals surface area contributed by atoms with Crippen LogP contribution in [0.5, 0.6) is 0 Å². The van der Waals surface area contributed by atoms with E-state index in [-0.39, 0.29) is 6.61 Å². The topological polar surface area (TPSA) is 29.5 Å². The molecule has 0 saturated carbocycles. The van der Waals surface area contributed by atoms with Crippen LogP contribution in [-0.4, -0.2) is 18.3 Å². The normalized spacial score (nSPS) is 11.1. The molecule has 2 nitrogen and oxygen atoms in total. The first-order chi connectivity index (χ1) is 4.27. The van der Waals surface area contributed by atoms with Crippen LogP contribution < -0.4 is 0 Å². The highest BCUT2D eigenvalue weighted by atomic mass is 16.5. The lowest BCUT2D eigenvalue weighted by Gasteiger charge is -1.96. The van der Waals surface area contributed by atoms with Gasteiger partial charge in [0.1, 0.15) is 6.61 Å². The Morgan fingerprint density at radius 1 is 1.56 bits per heavy atom. The summed E-state index contributed by atoms with van der Waals surface area (Å²) in [4.78, 5) is 0. The number of hydrogen-bond donors (Lipinski definition) is 1. The first kappa shape index (κ1) is 8.50. The van der Waals surface area contributed by atoms with Crippen LogP contribution in [0.4, 0.5) is 0 Å². The lowest BCUT2D eigenvalue weighted by molar-refractivity contribution is 0.165. The van der Waals surface area contributed by atoms with Gasteiger partial charge in [-0.2, -0.15) is 0 Å². The molecule has 0 aliphatic heterocycles. The van der Waals surface area contributed by atoms with Crippen LogP contribution in [-0.2, 0) is 4.74 Å². The molecule has 0 aromatic rings. The highest BCUT2D eigenvalue weighted by molar-refractivity contribution is 4.76. The summed E-state index contributed by atoms with van der Waals surface area (Å²) in [5.74, 6) is 0.517. The first-order valence-electron chi connectivity index (χ1n) is 3.16. The van der Waals surface area contributed by atoms with Gasteiger partial charge in [-0.05, 0) is 12.0 Å². The van der Waals surface area contributed by atoms with Gasteiger partial charge in [-0.1, -0.05) is 13.8 Å². The summed E-state index contributed by atoms with van der Waals surface area (Å²) in [6.45, 7) is 4.61. The lowest BCUT2D eigenvalue weighted by atomic mass is 10.2. The predicted molar refractivity (Wildman–Crippen MR) is 37.0 cm³/mol. The summed E-state index contributed by atoms with van der Waals surface area (Å²) >= 11 is 0. The number of aliphatic hydroxyl groups is 1. The van der Waals surface area contributed by atoms with E-state index in [0.717, 1.165) is 0 Å². The molecular formula is C7H14O2. The van der Waals surface area contributed by atoms with E-state index in [2.05, 4.69) is 13.8 Å². The molecule has 0 aliphatic carbocycles. The Hall–Kier alpha value is -0.500. The second-order valence-electron chi connectivity index (χ2n) is 2.17. The van der Waals surface area contributed by atoms with Crippen molar-refractivity contribution in [3.8, 4) is 0 Å². The quantitative estimate of drug-likeness (QED) is 0.457. The van der Waals surface area contributed by atoms with Crippen molar-refractivity contribution in [1.82, 2.24) is 0 Å². The van der Waals surface area contributed by atoms with Gasteiger partial charge in [-0.15, -0.1) is 0 Å². The standard InChI is InChI=1S/C7H14O2/c1-7(2)3-5-9-6-4-8/h3,5,7-8H,4,6H2,1-2H3/b5-3+. The summed E-state index contributed by atoms with van der Waals surface area (Å²) < 4.78 is 4.86. The molecule has 2 heteroatoms. The minimum absolute atomic E-state index is 0.0857. The van der Waals surface area contributed by atoms with Gasteiger partial charge in [0, 0.05) is 0 Å². The molecule has 0 radical (unpaired) electrons. The van der Waals surface area contributed by atoms with Crippen molar-refractivity contribution in [2.75, 3.05) is 13.2 Å². The number of rotatable bonds is 4. The Morgan fingerprint density at radius 2 is 2.22 bits per heavy atom. The molecule has 0 amide bonds. The van der Waals surface area contributed by atoms with Crippen molar-refractivity contribution >= 4 is 0 Å². The Balaban J connectivity index is 3.04. The van der Waals surface area contributed by atoms with Crippen LogP contribution in [0.1, 0.15) is 13.8 Å². The smallest absolute Gasteiger partial charge is 0.110 e. The molecule has 1 N–H and O–H groups in total. The fraction of sp³-hybridized carbons (Fsp3) is 0.714. The first-order valence-corrected chi connectivity index (χ1v) is 3.16. The summed E-state index contributed by atoms with van der Waals surface area (Å²) in [6, 6.07) is 0.